The van der Waals surface area contributed by atoms with E-state index in [0.29, 0.717) is 0 Å². The van der Waals surface area contributed by atoms with Gasteiger partial charge in [-0.1, -0.05) is 115 Å². The first-order chi connectivity index (χ1) is 18.3. The van der Waals surface area contributed by atoms with E-state index in [2.05, 4.69) is 150 Å². The third-order valence-electron chi connectivity index (χ3n) is 7.51. The molecule has 3 heteroatoms. The molecule has 178 valence electrons. The molecule has 1 saturated heterocycles. The number of nitrogens with zero attached hydrogens (tertiary/aromatic N) is 3. The first-order valence-corrected chi connectivity index (χ1v) is 12.8. The van der Waals surface area contributed by atoms with E-state index in [1.807, 2.05) is 0 Å². The molecule has 2 heterocycles. The smallest absolute Gasteiger partial charge is 0.171 e. The number of rotatable bonds is 3. The Balaban J connectivity index is 1.60. The van der Waals surface area contributed by atoms with Crippen molar-refractivity contribution in [1.82, 2.24) is 0 Å². The molecule has 3 nitrogen and oxygen atoms in total. The summed E-state index contributed by atoms with van der Waals surface area (Å²) in [5.74, 6) is 0.998. The molecule has 5 aromatic carbocycles. The minimum atomic E-state index is -0.596. The number of anilines is 2. The van der Waals surface area contributed by atoms with Crippen LogP contribution in [0.1, 0.15) is 27.8 Å². The fourth-order valence-corrected chi connectivity index (χ4v) is 5.80. The van der Waals surface area contributed by atoms with Gasteiger partial charge in [0.25, 0.3) is 0 Å². The number of amidine groups is 1. The lowest BCUT2D eigenvalue weighted by Crippen LogP contribution is -2.77. The Bertz CT molecular complexity index is 1570. The largest absolute Gasteiger partial charge is 0.256 e. The minimum Gasteiger partial charge on any atom is -0.256 e. The molecule has 2 aliphatic heterocycles. The molecule has 0 N–H and O–H groups in total. The van der Waals surface area contributed by atoms with E-state index in [-0.39, 0.29) is 0 Å². The van der Waals surface area contributed by atoms with Gasteiger partial charge in [-0.3, -0.25) is 5.01 Å². The zero-order valence-corrected chi connectivity index (χ0v) is 20.8. The van der Waals surface area contributed by atoms with Crippen LogP contribution in [0.5, 0.6) is 0 Å². The maximum absolute atomic E-state index is 5.41. The molecule has 37 heavy (non-hydrogen) atoms. The number of hydrazine groups is 1. The predicted molar refractivity (Wildman–Crippen MR) is 153 cm³/mol. The average Bonchev–Trinajstić information content (AvgIpc) is 3.07. The van der Waals surface area contributed by atoms with E-state index in [1.165, 1.54) is 39.2 Å². The first kappa shape index (κ1) is 21.6. The van der Waals surface area contributed by atoms with Crippen LogP contribution in [-0.4, -0.2) is 5.84 Å². The average molecular weight is 478 g/mol. The second kappa shape index (κ2) is 8.49. The van der Waals surface area contributed by atoms with E-state index < -0.39 is 5.54 Å². The fraction of sp³-hybridized carbons (Fsp3) is 0.0882. The van der Waals surface area contributed by atoms with Crippen molar-refractivity contribution in [2.45, 2.75) is 18.9 Å². The highest BCUT2D eigenvalue weighted by atomic mass is 15.8. The van der Waals surface area contributed by atoms with Crippen molar-refractivity contribution in [2.24, 2.45) is 4.99 Å². The highest BCUT2D eigenvalue weighted by molar-refractivity contribution is 6.20. The van der Waals surface area contributed by atoms with Crippen LogP contribution >= 0.6 is 0 Å². The van der Waals surface area contributed by atoms with Crippen LogP contribution in [0.4, 0.5) is 17.1 Å². The molecule has 0 unspecified atom stereocenters. The summed E-state index contributed by atoms with van der Waals surface area (Å²) in [5.41, 5.74) is 8.95. The molecule has 0 bridgehead atoms. The van der Waals surface area contributed by atoms with E-state index in [1.54, 1.807) is 0 Å². The number of aliphatic imine (C=N–C) groups is 1. The summed E-state index contributed by atoms with van der Waals surface area (Å²) >= 11 is 0. The van der Waals surface area contributed by atoms with E-state index in [4.69, 9.17) is 4.99 Å². The molecule has 0 saturated carbocycles. The quantitative estimate of drug-likeness (QED) is 0.264. The molecular weight excluding hydrogens is 450 g/mol. The zero-order valence-electron chi connectivity index (χ0n) is 20.8. The van der Waals surface area contributed by atoms with Gasteiger partial charge in [0.2, 0.25) is 0 Å². The summed E-state index contributed by atoms with van der Waals surface area (Å²) in [6.07, 6.45) is 0.872. The van der Waals surface area contributed by atoms with Crippen LogP contribution in [-0.2, 0) is 12.0 Å². The summed E-state index contributed by atoms with van der Waals surface area (Å²) in [6.45, 7) is 2.11. The Labute approximate surface area is 217 Å². The molecule has 7 rings (SSSR count). The van der Waals surface area contributed by atoms with Gasteiger partial charge in [-0.15, -0.1) is 0 Å². The van der Waals surface area contributed by atoms with Crippen LogP contribution in [0.3, 0.4) is 0 Å². The lowest BCUT2D eigenvalue weighted by molar-refractivity contribution is 0.536. The summed E-state index contributed by atoms with van der Waals surface area (Å²) in [6, 6.07) is 47.6. The second-order valence-corrected chi connectivity index (χ2v) is 9.77. The van der Waals surface area contributed by atoms with Crippen molar-refractivity contribution in [3.8, 4) is 0 Å². The Morgan fingerprint density at radius 3 is 1.70 bits per heavy atom. The van der Waals surface area contributed by atoms with Gasteiger partial charge < -0.3 is 0 Å². The number of benzene rings is 5. The molecule has 0 aromatic heterocycles. The number of fused-ring (bicyclic) bond motifs is 5. The van der Waals surface area contributed by atoms with Crippen molar-refractivity contribution in [3.63, 3.8) is 0 Å². The topological polar surface area (TPSA) is 18.8 Å². The zero-order chi connectivity index (χ0) is 24.8. The van der Waals surface area contributed by atoms with Gasteiger partial charge in [0, 0.05) is 6.42 Å². The Morgan fingerprint density at radius 2 is 1.08 bits per heavy atom. The standard InChI is InChI=1S/C34H27N3/c1-25-20-22-30(23-21-25)35-33-34(28-14-4-2-5-15-28,29-16-6-3-7-17-29)37-32-19-11-9-13-27(32)24-26-12-8-10-18-31(26)36(33)37/h2-23H,24H2,1H3. The maximum atomic E-state index is 5.41. The van der Waals surface area contributed by atoms with Crippen molar-refractivity contribution >= 4 is 22.9 Å². The summed E-state index contributed by atoms with van der Waals surface area (Å²) in [7, 11) is 0. The van der Waals surface area contributed by atoms with Gasteiger partial charge in [0.1, 0.15) is 0 Å². The van der Waals surface area contributed by atoms with Crippen LogP contribution in [0, 0.1) is 6.92 Å². The molecule has 0 atom stereocenters. The lowest BCUT2D eigenvalue weighted by Gasteiger charge is -2.62. The monoisotopic (exact) mass is 477 g/mol. The summed E-state index contributed by atoms with van der Waals surface area (Å²) < 4.78 is 0. The van der Waals surface area contributed by atoms with E-state index >= 15 is 0 Å². The number of aryl methyl sites for hydroxylation is 1. The highest BCUT2D eigenvalue weighted by Gasteiger charge is 2.61. The fourth-order valence-electron chi connectivity index (χ4n) is 5.80. The molecular formula is C34H27N3. The molecule has 0 aliphatic carbocycles. The van der Waals surface area contributed by atoms with Gasteiger partial charge in [-0.25, -0.2) is 10.0 Å². The van der Waals surface area contributed by atoms with Crippen LogP contribution in [0.15, 0.2) is 138 Å². The van der Waals surface area contributed by atoms with Crippen LogP contribution in [0.25, 0.3) is 0 Å². The highest BCUT2D eigenvalue weighted by Crippen LogP contribution is 2.54. The summed E-state index contributed by atoms with van der Waals surface area (Å²) in [4.78, 5) is 5.41. The lowest BCUT2D eigenvalue weighted by atomic mass is 9.76. The van der Waals surface area contributed by atoms with E-state index in [0.717, 1.165) is 17.9 Å². The number of hydrogen-bond donors (Lipinski definition) is 0. The summed E-state index contributed by atoms with van der Waals surface area (Å²) in [5, 5.41) is 4.80. The van der Waals surface area contributed by atoms with Gasteiger partial charge >= 0.3 is 0 Å². The third-order valence-corrected chi connectivity index (χ3v) is 7.51. The molecule has 0 amide bonds. The van der Waals surface area contributed by atoms with Gasteiger partial charge in [0.05, 0.1) is 17.1 Å². The van der Waals surface area contributed by atoms with Crippen molar-refractivity contribution < 1.29 is 0 Å². The normalized spacial score (nSPS) is 16.3. The first-order valence-electron chi connectivity index (χ1n) is 12.8. The Morgan fingerprint density at radius 1 is 0.568 bits per heavy atom. The molecule has 1 fully saturated rings. The third kappa shape index (κ3) is 3.24. The molecule has 5 aromatic rings. The molecule has 0 spiro atoms. The minimum absolute atomic E-state index is 0.596. The van der Waals surface area contributed by atoms with E-state index in [9.17, 15) is 0 Å². The second-order valence-electron chi connectivity index (χ2n) is 9.77. The van der Waals surface area contributed by atoms with Crippen molar-refractivity contribution in [2.75, 3.05) is 10.0 Å². The maximum Gasteiger partial charge on any atom is 0.171 e. The van der Waals surface area contributed by atoms with Gasteiger partial charge in [-0.05, 0) is 53.4 Å². The predicted octanol–water partition coefficient (Wildman–Crippen LogP) is 7.81. The van der Waals surface area contributed by atoms with Crippen molar-refractivity contribution in [3.05, 3.63) is 161 Å². The number of para-hydroxylation sites is 2. The van der Waals surface area contributed by atoms with Crippen LogP contribution in [0.2, 0.25) is 0 Å². The Hall–Kier alpha value is -4.63. The Kier molecular flexibility index (Phi) is 4.97. The SMILES string of the molecule is Cc1ccc(N=C2N3c4ccccc4Cc4ccccc4N3C2(c2ccccc2)c2ccccc2)cc1. The molecule has 0 radical (unpaired) electrons. The van der Waals surface area contributed by atoms with Gasteiger partial charge in [-0.2, -0.15) is 0 Å². The molecule has 2 aliphatic rings. The number of hydrogen-bond acceptors (Lipinski definition) is 2. The van der Waals surface area contributed by atoms with Crippen molar-refractivity contribution in [1.29, 1.82) is 0 Å². The van der Waals surface area contributed by atoms with Gasteiger partial charge in [0.15, 0.2) is 11.4 Å². The van der Waals surface area contributed by atoms with Crippen LogP contribution < -0.4 is 10.0 Å².